The minimum Gasteiger partial charge on any atom is -0.481 e. The minimum absolute atomic E-state index is 0.0575. The van der Waals surface area contributed by atoms with E-state index in [0.29, 0.717) is 12.6 Å². The Labute approximate surface area is 116 Å². The molecule has 0 bridgehead atoms. The van der Waals surface area contributed by atoms with Crippen LogP contribution < -0.4 is 21.1 Å². The Kier molecular flexibility index (Phi) is 5.92. The van der Waals surface area contributed by atoms with Crippen molar-refractivity contribution in [3.8, 4) is 5.75 Å². The van der Waals surface area contributed by atoms with Crippen molar-refractivity contribution < 1.29 is 18.7 Å². The van der Waals surface area contributed by atoms with Crippen LogP contribution in [0, 0.1) is 5.82 Å². The van der Waals surface area contributed by atoms with E-state index in [1.165, 1.54) is 12.1 Å². The molecule has 6 nitrogen and oxygen atoms in total. The Morgan fingerprint density at radius 3 is 2.65 bits per heavy atom. The Hall–Kier alpha value is -2.15. The maximum absolute atomic E-state index is 13.7. The molecule has 0 aliphatic heterocycles. The summed E-state index contributed by atoms with van der Waals surface area (Å²) >= 11 is 0. The van der Waals surface area contributed by atoms with E-state index in [4.69, 9.17) is 10.5 Å². The normalized spacial score (nSPS) is 10.4. The van der Waals surface area contributed by atoms with Crippen LogP contribution in [-0.4, -0.2) is 24.6 Å². The fourth-order valence-electron chi connectivity index (χ4n) is 1.41. The summed E-state index contributed by atoms with van der Waals surface area (Å²) in [4.78, 5) is 21.5. The van der Waals surface area contributed by atoms with Crippen LogP contribution in [0.15, 0.2) is 18.2 Å². The SMILES string of the molecule is CC(C)NCc1ccc(OCC(=O)NC(N)=O)c(F)c1. The summed E-state index contributed by atoms with van der Waals surface area (Å²) in [5.41, 5.74) is 5.53. The first-order valence-electron chi connectivity index (χ1n) is 6.12. The van der Waals surface area contributed by atoms with Gasteiger partial charge in [0, 0.05) is 12.6 Å². The number of primary amides is 1. The van der Waals surface area contributed by atoms with Crippen LogP contribution in [0.5, 0.6) is 5.75 Å². The standard InChI is InChI=1S/C13H18FN3O3/c1-8(2)16-6-9-3-4-11(10(14)5-9)20-7-12(18)17-13(15)19/h3-5,8,16H,6-7H2,1-2H3,(H3,15,17,18,19). The van der Waals surface area contributed by atoms with Crippen LogP contribution in [0.3, 0.4) is 0 Å². The molecule has 1 aromatic carbocycles. The minimum atomic E-state index is -0.978. The van der Waals surface area contributed by atoms with Gasteiger partial charge in [0.25, 0.3) is 5.91 Å². The molecule has 0 heterocycles. The van der Waals surface area contributed by atoms with Gasteiger partial charge in [-0.15, -0.1) is 0 Å². The lowest BCUT2D eigenvalue weighted by Gasteiger charge is -2.10. The summed E-state index contributed by atoms with van der Waals surface area (Å²) in [6, 6.07) is 3.78. The lowest BCUT2D eigenvalue weighted by atomic mass is 10.2. The topological polar surface area (TPSA) is 93.4 Å². The van der Waals surface area contributed by atoms with Gasteiger partial charge in [-0.25, -0.2) is 9.18 Å². The quantitative estimate of drug-likeness (QED) is 0.723. The molecule has 0 aliphatic rings. The number of hydrogen-bond donors (Lipinski definition) is 3. The Morgan fingerprint density at radius 1 is 1.40 bits per heavy atom. The van der Waals surface area contributed by atoms with Crippen LogP contribution >= 0.6 is 0 Å². The number of nitrogens with two attached hydrogens (primary N) is 1. The molecule has 0 aliphatic carbocycles. The molecule has 0 saturated heterocycles. The number of benzene rings is 1. The maximum Gasteiger partial charge on any atom is 0.318 e. The van der Waals surface area contributed by atoms with E-state index in [2.05, 4.69) is 5.32 Å². The molecule has 0 radical (unpaired) electrons. The molecule has 110 valence electrons. The summed E-state index contributed by atoms with van der Waals surface area (Å²) in [5, 5.41) is 4.98. The molecular weight excluding hydrogens is 265 g/mol. The van der Waals surface area contributed by atoms with E-state index >= 15 is 0 Å². The van der Waals surface area contributed by atoms with E-state index < -0.39 is 24.4 Å². The largest absolute Gasteiger partial charge is 0.481 e. The molecule has 0 atom stereocenters. The van der Waals surface area contributed by atoms with Gasteiger partial charge >= 0.3 is 6.03 Å². The molecule has 20 heavy (non-hydrogen) atoms. The van der Waals surface area contributed by atoms with Gasteiger partial charge in [0.1, 0.15) is 0 Å². The highest BCUT2D eigenvalue weighted by molar-refractivity contribution is 5.94. The molecule has 0 unspecified atom stereocenters. The lowest BCUT2D eigenvalue weighted by Crippen LogP contribution is -2.38. The van der Waals surface area contributed by atoms with Crippen LogP contribution in [0.4, 0.5) is 9.18 Å². The highest BCUT2D eigenvalue weighted by Crippen LogP contribution is 2.18. The number of ether oxygens (including phenoxy) is 1. The Morgan fingerprint density at radius 2 is 2.10 bits per heavy atom. The van der Waals surface area contributed by atoms with Crippen LogP contribution in [-0.2, 0) is 11.3 Å². The molecule has 4 N–H and O–H groups in total. The van der Waals surface area contributed by atoms with Crippen molar-refractivity contribution in [2.24, 2.45) is 5.73 Å². The van der Waals surface area contributed by atoms with Crippen molar-refractivity contribution in [2.75, 3.05) is 6.61 Å². The predicted molar refractivity (Wildman–Crippen MR) is 71.6 cm³/mol. The molecule has 7 heteroatoms. The third-order valence-electron chi connectivity index (χ3n) is 2.33. The van der Waals surface area contributed by atoms with Gasteiger partial charge in [0.2, 0.25) is 0 Å². The third kappa shape index (κ3) is 5.66. The fourth-order valence-corrected chi connectivity index (χ4v) is 1.41. The number of nitrogens with one attached hydrogen (secondary N) is 2. The molecule has 0 spiro atoms. The molecule has 3 amide bonds. The second-order valence-corrected chi connectivity index (χ2v) is 4.50. The fraction of sp³-hybridized carbons (Fsp3) is 0.385. The number of amides is 3. The first-order chi connectivity index (χ1) is 9.38. The van der Waals surface area contributed by atoms with Gasteiger partial charge in [-0.3, -0.25) is 10.1 Å². The molecule has 1 rings (SSSR count). The van der Waals surface area contributed by atoms with E-state index in [0.717, 1.165) is 5.56 Å². The number of hydrogen-bond acceptors (Lipinski definition) is 4. The van der Waals surface area contributed by atoms with Crippen LogP contribution in [0.2, 0.25) is 0 Å². The average molecular weight is 283 g/mol. The smallest absolute Gasteiger partial charge is 0.318 e. The maximum atomic E-state index is 13.7. The van der Waals surface area contributed by atoms with Gasteiger partial charge in [0.15, 0.2) is 18.2 Å². The molecule has 1 aromatic rings. The van der Waals surface area contributed by atoms with Crippen molar-refractivity contribution in [1.29, 1.82) is 0 Å². The van der Waals surface area contributed by atoms with E-state index in [-0.39, 0.29) is 5.75 Å². The monoisotopic (exact) mass is 283 g/mol. The first-order valence-corrected chi connectivity index (χ1v) is 6.12. The summed E-state index contributed by atoms with van der Waals surface area (Å²) in [7, 11) is 0. The van der Waals surface area contributed by atoms with Gasteiger partial charge in [-0.2, -0.15) is 0 Å². The first kappa shape index (κ1) is 15.9. The highest BCUT2D eigenvalue weighted by Gasteiger charge is 2.09. The Balaban J connectivity index is 2.55. The molecule has 0 aromatic heterocycles. The van der Waals surface area contributed by atoms with Crippen LogP contribution in [0.1, 0.15) is 19.4 Å². The van der Waals surface area contributed by atoms with Crippen molar-refractivity contribution in [3.63, 3.8) is 0 Å². The summed E-state index contributed by atoms with van der Waals surface area (Å²) in [6.45, 7) is 4.04. The van der Waals surface area contributed by atoms with Crippen molar-refractivity contribution in [2.45, 2.75) is 26.4 Å². The summed E-state index contributed by atoms with van der Waals surface area (Å²) < 4.78 is 18.7. The third-order valence-corrected chi connectivity index (χ3v) is 2.33. The van der Waals surface area contributed by atoms with E-state index in [9.17, 15) is 14.0 Å². The van der Waals surface area contributed by atoms with Crippen LogP contribution in [0.25, 0.3) is 0 Å². The average Bonchev–Trinajstić information content (AvgIpc) is 2.34. The molecule has 0 fully saturated rings. The second-order valence-electron chi connectivity index (χ2n) is 4.50. The summed E-state index contributed by atoms with van der Waals surface area (Å²) in [5.74, 6) is -1.36. The number of carbonyl (C=O) groups is 2. The zero-order valence-corrected chi connectivity index (χ0v) is 11.4. The van der Waals surface area contributed by atoms with E-state index in [1.54, 1.807) is 6.07 Å². The lowest BCUT2D eigenvalue weighted by molar-refractivity contribution is -0.121. The van der Waals surface area contributed by atoms with Gasteiger partial charge in [-0.1, -0.05) is 19.9 Å². The highest BCUT2D eigenvalue weighted by atomic mass is 19.1. The number of urea groups is 1. The van der Waals surface area contributed by atoms with Gasteiger partial charge < -0.3 is 15.8 Å². The van der Waals surface area contributed by atoms with Gasteiger partial charge in [-0.05, 0) is 17.7 Å². The zero-order valence-electron chi connectivity index (χ0n) is 11.4. The summed E-state index contributed by atoms with van der Waals surface area (Å²) in [6.07, 6.45) is 0. The van der Waals surface area contributed by atoms with E-state index in [1.807, 2.05) is 19.2 Å². The number of carbonyl (C=O) groups excluding carboxylic acids is 2. The van der Waals surface area contributed by atoms with Crippen molar-refractivity contribution in [1.82, 2.24) is 10.6 Å². The predicted octanol–water partition coefficient (Wildman–Crippen LogP) is 0.897. The number of rotatable bonds is 6. The number of halogens is 1. The second kappa shape index (κ2) is 7.44. The number of imide groups is 1. The van der Waals surface area contributed by atoms with Crippen molar-refractivity contribution >= 4 is 11.9 Å². The molecule has 0 saturated carbocycles. The van der Waals surface area contributed by atoms with Gasteiger partial charge in [0.05, 0.1) is 0 Å². The van der Waals surface area contributed by atoms with Crippen molar-refractivity contribution in [3.05, 3.63) is 29.6 Å². The zero-order chi connectivity index (χ0) is 15.1. The molecular formula is C13H18FN3O3. The Bertz CT molecular complexity index is 492.